The second-order valence-corrected chi connectivity index (χ2v) is 5.99. The summed E-state index contributed by atoms with van der Waals surface area (Å²) >= 11 is 6.15. The topological polar surface area (TPSA) is 44.5 Å². The first kappa shape index (κ1) is 15.5. The standard InChI is InChI=1S/C16H24ClNO2/c1-3-14(18)9-12-8-13(17)10-15(19-2)16(12)20-7-6-11-4-5-11/h8,10-11,14H,3-7,9,18H2,1-2H3. The first-order chi connectivity index (χ1) is 9.63. The summed E-state index contributed by atoms with van der Waals surface area (Å²) in [6.45, 7) is 2.82. The van der Waals surface area contributed by atoms with Crippen LogP contribution in [0.1, 0.15) is 38.2 Å². The number of methoxy groups -OCH3 is 1. The van der Waals surface area contributed by atoms with E-state index in [4.69, 9.17) is 26.8 Å². The fraction of sp³-hybridized carbons (Fsp3) is 0.625. The molecule has 2 rings (SSSR count). The Morgan fingerprint density at radius 1 is 1.40 bits per heavy atom. The van der Waals surface area contributed by atoms with Crippen molar-refractivity contribution in [3.05, 3.63) is 22.7 Å². The van der Waals surface area contributed by atoms with Crippen LogP contribution in [0.15, 0.2) is 12.1 Å². The van der Waals surface area contributed by atoms with Gasteiger partial charge in [0.2, 0.25) is 0 Å². The molecule has 0 aliphatic heterocycles. The highest BCUT2D eigenvalue weighted by Gasteiger charge is 2.22. The highest BCUT2D eigenvalue weighted by molar-refractivity contribution is 6.30. The maximum Gasteiger partial charge on any atom is 0.164 e. The Bertz CT molecular complexity index is 446. The summed E-state index contributed by atoms with van der Waals surface area (Å²) < 4.78 is 11.4. The summed E-state index contributed by atoms with van der Waals surface area (Å²) in [5, 5.41) is 0.662. The van der Waals surface area contributed by atoms with Crippen molar-refractivity contribution in [1.29, 1.82) is 0 Å². The molecule has 1 saturated carbocycles. The van der Waals surface area contributed by atoms with Crippen LogP contribution in [-0.2, 0) is 6.42 Å². The van der Waals surface area contributed by atoms with Gasteiger partial charge in [-0.2, -0.15) is 0 Å². The second-order valence-electron chi connectivity index (χ2n) is 5.55. The molecule has 0 radical (unpaired) electrons. The largest absolute Gasteiger partial charge is 0.493 e. The van der Waals surface area contributed by atoms with Crippen molar-refractivity contribution in [2.45, 2.75) is 45.1 Å². The molecule has 1 fully saturated rings. The molecule has 112 valence electrons. The SMILES string of the molecule is CCC(N)Cc1cc(Cl)cc(OC)c1OCCC1CC1. The molecule has 3 nitrogen and oxygen atoms in total. The van der Waals surface area contributed by atoms with E-state index in [0.717, 1.165) is 43.1 Å². The van der Waals surface area contributed by atoms with Crippen LogP contribution in [0.25, 0.3) is 0 Å². The molecule has 1 aromatic rings. The minimum absolute atomic E-state index is 0.115. The van der Waals surface area contributed by atoms with Gasteiger partial charge in [-0.05, 0) is 31.2 Å². The second kappa shape index (κ2) is 7.19. The average Bonchev–Trinajstić information content (AvgIpc) is 3.24. The van der Waals surface area contributed by atoms with E-state index in [1.54, 1.807) is 13.2 Å². The molecule has 1 aliphatic rings. The van der Waals surface area contributed by atoms with Gasteiger partial charge in [0.15, 0.2) is 11.5 Å². The van der Waals surface area contributed by atoms with E-state index in [1.165, 1.54) is 12.8 Å². The van der Waals surface area contributed by atoms with E-state index in [2.05, 4.69) is 6.92 Å². The third kappa shape index (κ3) is 4.29. The molecule has 0 bridgehead atoms. The zero-order valence-electron chi connectivity index (χ0n) is 12.3. The van der Waals surface area contributed by atoms with E-state index in [1.807, 2.05) is 6.07 Å². The Morgan fingerprint density at radius 2 is 2.15 bits per heavy atom. The predicted octanol–water partition coefficient (Wildman–Crippen LogP) is 3.81. The number of hydrogen-bond acceptors (Lipinski definition) is 3. The molecule has 0 spiro atoms. The van der Waals surface area contributed by atoms with Gasteiger partial charge in [0.1, 0.15) is 0 Å². The molecular weight excluding hydrogens is 274 g/mol. The molecule has 0 heterocycles. The van der Waals surface area contributed by atoms with Gasteiger partial charge < -0.3 is 15.2 Å². The lowest BCUT2D eigenvalue weighted by Crippen LogP contribution is -2.22. The van der Waals surface area contributed by atoms with Gasteiger partial charge in [0, 0.05) is 22.7 Å². The minimum atomic E-state index is 0.115. The van der Waals surface area contributed by atoms with E-state index in [9.17, 15) is 0 Å². The average molecular weight is 298 g/mol. The van der Waals surface area contributed by atoms with E-state index in [-0.39, 0.29) is 6.04 Å². The quantitative estimate of drug-likeness (QED) is 0.793. The number of hydrogen-bond donors (Lipinski definition) is 1. The van der Waals surface area contributed by atoms with Crippen LogP contribution >= 0.6 is 11.6 Å². The number of ether oxygens (including phenoxy) is 2. The lowest BCUT2D eigenvalue weighted by Gasteiger charge is -2.18. The van der Waals surface area contributed by atoms with Crippen molar-refractivity contribution in [3.63, 3.8) is 0 Å². The zero-order chi connectivity index (χ0) is 14.5. The van der Waals surface area contributed by atoms with E-state index >= 15 is 0 Å². The number of rotatable bonds is 8. The molecule has 1 unspecified atom stereocenters. The first-order valence-corrected chi connectivity index (χ1v) is 7.76. The van der Waals surface area contributed by atoms with Gasteiger partial charge in [-0.3, -0.25) is 0 Å². The van der Waals surface area contributed by atoms with Crippen LogP contribution in [0.3, 0.4) is 0 Å². The summed E-state index contributed by atoms with van der Waals surface area (Å²) in [5.74, 6) is 2.36. The zero-order valence-corrected chi connectivity index (χ0v) is 13.1. The predicted molar refractivity (Wildman–Crippen MR) is 82.8 cm³/mol. The maximum atomic E-state index is 6.15. The number of benzene rings is 1. The van der Waals surface area contributed by atoms with Crippen molar-refractivity contribution in [2.24, 2.45) is 11.7 Å². The molecule has 0 amide bonds. The van der Waals surface area contributed by atoms with Crippen molar-refractivity contribution in [2.75, 3.05) is 13.7 Å². The summed E-state index contributed by atoms with van der Waals surface area (Å²) in [6.07, 6.45) is 5.48. The molecule has 1 atom stereocenters. The van der Waals surface area contributed by atoms with Crippen molar-refractivity contribution in [1.82, 2.24) is 0 Å². The third-order valence-electron chi connectivity index (χ3n) is 3.79. The Kier molecular flexibility index (Phi) is 5.55. The Morgan fingerprint density at radius 3 is 2.75 bits per heavy atom. The van der Waals surface area contributed by atoms with Gasteiger partial charge in [0.05, 0.1) is 13.7 Å². The normalized spacial score (nSPS) is 16.0. The van der Waals surface area contributed by atoms with E-state index in [0.29, 0.717) is 10.8 Å². The molecule has 0 saturated heterocycles. The van der Waals surface area contributed by atoms with Crippen LogP contribution in [0, 0.1) is 5.92 Å². The summed E-state index contributed by atoms with van der Waals surface area (Å²) in [7, 11) is 1.64. The summed E-state index contributed by atoms with van der Waals surface area (Å²) in [4.78, 5) is 0. The molecular formula is C16H24ClNO2. The van der Waals surface area contributed by atoms with Crippen molar-refractivity contribution >= 4 is 11.6 Å². The third-order valence-corrected chi connectivity index (χ3v) is 4.01. The van der Waals surface area contributed by atoms with Gasteiger partial charge in [-0.1, -0.05) is 31.4 Å². The first-order valence-electron chi connectivity index (χ1n) is 7.38. The van der Waals surface area contributed by atoms with Gasteiger partial charge >= 0.3 is 0 Å². The fourth-order valence-electron chi connectivity index (χ4n) is 2.25. The summed E-state index contributed by atoms with van der Waals surface area (Å²) in [5.41, 5.74) is 7.10. The van der Waals surface area contributed by atoms with Gasteiger partial charge in [0.25, 0.3) is 0 Å². The van der Waals surface area contributed by atoms with Crippen LogP contribution < -0.4 is 15.2 Å². The van der Waals surface area contributed by atoms with Gasteiger partial charge in [-0.25, -0.2) is 0 Å². The van der Waals surface area contributed by atoms with Gasteiger partial charge in [-0.15, -0.1) is 0 Å². The maximum absolute atomic E-state index is 6.15. The summed E-state index contributed by atoms with van der Waals surface area (Å²) in [6, 6.07) is 3.85. The van der Waals surface area contributed by atoms with Crippen LogP contribution in [-0.4, -0.2) is 19.8 Å². The van der Waals surface area contributed by atoms with E-state index < -0.39 is 0 Å². The lowest BCUT2D eigenvalue weighted by atomic mass is 10.0. The molecule has 1 aromatic carbocycles. The fourth-order valence-corrected chi connectivity index (χ4v) is 2.48. The number of nitrogens with two attached hydrogens (primary N) is 1. The Balaban J connectivity index is 2.13. The Hall–Kier alpha value is -0.930. The van der Waals surface area contributed by atoms with Crippen molar-refractivity contribution in [3.8, 4) is 11.5 Å². The highest BCUT2D eigenvalue weighted by Crippen LogP contribution is 2.37. The minimum Gasteiger partial charge on any atom is -0.493 e. The smallest absolute Gasteiger partial charge is 0.164 e. The van der Waals surface area contributed by atoms with Crippen LogP contribution in [0.2, 0.25) is 5.02 Å². The van der Waals surface area contributed by atoms with Crippen LogP contribution in [0.5, 0.6) is 11.5 Å². The molecule has 4 heteroatoms. The molecule has 1 aliphatic carbocycles. The Labute approximate surface area is 126 Å². The molecule has 2 N–H and O–H groups in total. The highest BCUT2D eigenvalue weighted by atomic mass is 35.5. The molecule has 0 aromatic heterocycles. The van der Waals surface area contributed by atoms with Crippen molar-refractivity contribution < 1.29 is 9.47 Å². The number of halogens is 1. The molecule has 20 heavy (non-hydrogen) atoms. The van der Waals surface area contributed by atoms with Crippen LogP contribution in [0.4, 0.5) is 0 Å². The lowest BCUT2D eigenvalue weighted by molar-refractivity contribution is 0.279. The monoisotopic (exact) mass is 297 g/mol.